The molecule has 1 saturated heterocycles. The molecule has 0 radical (unpaired) electrons. The lowest BCUT2D eigenvalue weighted by Gasteiger charge is -2.32. The Morgan fingerprint density at radius 2 is 1.76 bits per heavy atom. The van der Waals surface area contributed by atoms with Gasteiger partial charge in [0.1, 0.15) is 6.10 Å². The van der Waals surface area contributed by atoms with Crippen molar-refractivity contribution < 1.29 is 29.3 Å². The fourth-order valence-electron chi connectivity index (χ4n) is 6.24. The van der Waals surface area contributed by atoms with E-state index in [-0.39, 0.29) is 37.0 Å². The predicted octanol–water partition coefficient (Wildman–Crippen LogP) is 2.86. The maximum atomic E-state index is 13.2. The molecule has 0 aromatic heterocycles. The smallest absolute Gasteiger partial charge is 0.296 e. The quantitative estimate of drug-likeness (QED) is 0.193. The number of nitrogens with one attached hydrogen (secondary N) is 2. The number of hydrogen-bond donors (Lipinski definition) is 4. The van der Waals surface area contributed by atoms with Crippen molar-refractivity contribution in [3.63, 3.8) is 0 Å². The minimum Gasteiger partial charge on any atom is -0.390 e. The number of morpholine rings is 1. The van der Waals surface area contributed by atoms with Gasteiger partial charge >= 0.3 is 0 Å². The number of aliphatic hydroxyl groups is 2. The molecular weight excluding hydrogens is 584 g/mol. The second-order valence-corrected chi connectivity index (χ2v) is 13.2. The molecule has 1 saturated carbocycles. The molecular formula is C36H56N4O6. The molecule has 1 heterocycles. The highest BCUT2D eigenvalue weighted by atomic mass is 16.5. The van der Waals surface area contributed by atoms with Crippen LogP contribution in [-0.4, -0.2) is 102 Å². The molecule has 3 rings (SSSR count). The van der Waals surface area contributed by atoms with Gasteiger partial charge in [0.2, 0.25) is 11.8 Å². The number of hydrogen-bond acceptors (Lipinski definition) is 7. The number of benzene rings is 1. The Hall–Kier alpha value is -2.97. The Labute approximate surface area is 275 Å². The summed E-state index contributed by atoms with van der Waals surface area (Å²) in [5.41, 5.74) is 0.969. The van der Waals surface area contributed by atoms with Crippen LogP contribution in [-0.2, 0) is 25.7 Å². The van der Waals surface area contributed by atoms with E-state index < -0.39 is 24.2 Å². The van der Waals surface area contributed by atoms with Crippen LogP contribution in [0.3, 0.4) is 0 Å². The molecule has 4 N–H and O–H groups in total. The van der Waals surface area contributed by atoms with Gasteiger partial charge in [0.25, 0.3) is 5.91 Å². The van der Waals surface area contributed by atoms with E-state index in [0.29, 0.717) is 51.6 Å². The zero-order chi connectivity index (χ0) is 33.1. The van der Waals surface area contributed by atoms with Gasteiger partial charge in [-0.25, -0.2) is 0 Å². The van der Waals surface area contributed by atoms with E-state index in [9.17, 15) is 24.6 Å². The molecule has 10 nitrogen and oxygen atoms in total. The maximum absolute atomic E-state index is 13.2. The standard InChI is InChI=1S/C36H56N4O6/c1-28(2)25-32(41)36(45)31(26-29-11-5-3-6-12-29)38-34(43)15-9-10-19-40(27-30-13-7-4-8-14-30)35(44)17-16-33(42)37-18-20-39-21-23-46-24-22-39/h4,7-8,13-14,28-29,31-32,36,41,45H,3,5-6,10-12,16-27H2,1-2H3,(H,37,42)(H,38,43)/t31-,32+,36-/m1/s1. The third kappa shape index (κ3) is 14.6. The Balaban J connectivity index is 1.52. The van der Waals surface area contributed by atoms with Crippen LogP contribution in [0.25, 0.3) is 0 Å². The SMILES string of the molecule is CC(C)C[C@H](O)[C@H](O)[C@@H](CC1CCCCC1)NC(=O)C#CCCN(Cc1ccccc1)C(=O)CCC(=O)NCCN1CCOCC1. The highest BCUT2D eigenvalue weighted by Crippen LogP contribution is 2.29. The first-order chi connectivity index (χ1) is 22.2. The van der Waals surface area contributed by atoms with Crippen molar-refractivity contribution in [3.8, 4) is 11.8 Å². The van der Waals surface area contributed by atoms with Gasteiger partial charge in [-0.05, 0) is 36.2 Å². The molecule has 1 aliphatic carbocycles. The van der Waals surface area contributed by atoms with Crippen molar-refractivity contribution in [3.05, 3.63) is 35.9 Å². The molecule has 46 heavy (non-hydrogen) atoms. The van der Waals surface area contributed by atoms with Crippen molar-refractivity contribution in [1.29, 1.82) is 0 Å². The third-order valence-corrected chi connectivity index (χ3v) is 8.85. The Bertz CT molecular complexity index is 1110. The lowest BCUT2D eigenvalue weighted by atomic mass is 9.82. The summed E-state index contributed by atoms with van der Waals surface area (Å²) in [7, 11) is 0. The van der Waals surface area contributed by atoms with Gasteiger partial charge in [-0.2, -0.15) is 0 Å². The Morgan fingerprint density at radius 3 is 2.46 bits per heavy atom. The van der Waals surface area contributed by atoms with Crippen LogP contribution >= 0.6 is 0 Å². The lowest BCUT2D eigenvalue weighted by molar-refractivity contribution is -0.134. The van der Waals surface area contributed by atoms with E-state index >= 15 is 0 Å². The molecule has 0 spiro atoms. The maximum Gasteiger partial charge on any atom is 0.296 e. The van der Waals surface area contributed by atoms with Gasteiger partial charge in [0.15, 0.2) is 0 Å². The van der Waals surface area contributed by atoms with Crippen LogP contribution in [0.4, 0.5) is 0 Å². The van der Waals surface area contributed by atoms with Crippen molar-refractivity contribution in [2.75, 3.05) is 45.9 Å². The molecule has 3 amide bonds. The number of aliphatic hydroxyl groups excluding tert-OH is 2. The normalized spacial score (nSPS) is 17.8. The largest absolute Gasteiger partial charge is 0.390 e. The monoisotopic (exact) mass is 640 g/mol. The zero-order valence-corrected chi connectivity index (χ0v) is 27.9. The average Bonchev–Trinajstić information content (AvgIpc) is 3.05. The third-order valence-electron chi connectivity index (χ3n) is 8.85. The average molecular weight is 641 g/mol. The summed E-state index contributed by atoms with van der Waals surface area (Å²) in [5.74, 6) is 5.36. The molecule has 1 aromatic rings. The molecule has 0 bridgehead atoms. The minimum atomic E-state index is -1.06. The summed E-state index contributed by atoms with van der Waals surface area (Å²) >= 11 is 0. The number of rotatable bonds is 17. The first-order valence-corrected chi connectivity index (χ1v) is 17.2. The molecule has 1 aliphatic heterocycles. The molecule has 3 atom stereocenters. The summed E-state index contributed by atoms with van der Waals surface area (Å²) in [5, 5.41) is 27.4. The number of amides is 3. The first-order valence-electron chi connectivity index (χ1n) is 17.2. The van der Waals surface area contributed by atoms with Crippen molar-refractivity contribution in [1.82, 2.24) is 20.4 Å². The van der Waals surface area contributed by atoms with Crippen LogP contribution in [0.1, 0.15) is 83.6 Å². The summed E-state index contributed by atoms with van der Waals surface area (Å²) in [6.45, 7) is 9.11. The summed E-state index contributed by atoms with van der Waals surface area (Å²) < 4.78 is 5.35. The van der Waals surface area contributed by atoms with E-state index in [1.54, 1.807) is 4.90 Å². The van der Waals surface area contributed by atoms with Crippen molar-refractivity contribution >= 4 is 17.7 Å². The van der Waals surface area contributed by atoms with Gasteiger partial charge in [-0.3, -0.25) is 19.3 Å². The van der Waals surface area contributed by atoms with Crippen LogP contribution < -0.4 is 10.6 Å². The molecule has 0 unspecified atom stereocenters. The van der Waals surface area contributed by atoms with Gasteiger partial charge in [0, 0.05) is 58.5 Å². The lowest BCUT2D eigenvalue weighted by Crippen LogP contribution is -2.49. The van der Waals surface area contributed by atoms with E-state index in [4.69, 9.17) is 4.74 Å². The topological polar surface area (TPSA) is 131 Å². The predicted molar refractivity (Wildman–Crippen MR) is 178 cm³/mol. The number of carbonyl (C=O) groups excluding carboxylic acids is 3. The second kappa shape index (κ2) is 21.0. The van der Waals surface area contributed by atoms with E-state index in [1.165, 1.54) is 6.42 Å². The Morgan fingerprint density at radius 1 is 1.04 bits per heavy atom. The number of ether oxygens (including phenoxy) is 1. The highest BCUT2D eigenvalue weighted by Gasteiger charge is 2.30. The number of carbonyl (C=O) groups is 3. The van der Waals surface area contributed by atoms with E-state index in [0.717, 1.165) is 50.9 Å². The van der Waals surface area contributed by atoms with E-state index in [1.807, 2.05) is 44.2 Å². The Kier molecular flexibility index (Phi) is 17.1. The molecule has 10 heteroatoms. The highest BCUT2D eigenvalue weighted by molar-refractivity contribution is 5.93. The minimum absolute atomic E-state index is 0.0869. The van der Waals surface area contributed by atoms with Gasteiger partial charge in [-0.1, -0.05) is 82.2 Å². The summed E-state index contributed by atoms with van der Waals surface area (Å²) in [6, 6.07) is 9.07. The fourth-order valence-corrected chi connectivity index (χ4v) is 6.24. The molecule has 2 fully saturated rings. The van der Waals surface area contributed by atoms with E-state index in [2.05, 4.69) is 27.4 Å². The van der Waals surface area contributed by atoms with Gasteiger partial charge in [-0.15, -0.1) is 0 Å². The van der Waals surface area contributed by atoms with Gasteiger partial charge < -0.3 is 30.5 Å². The van der Waals surface area contributed by atoms with Crippen LogP contribution in [0.5, 0.6) is 0 Å². The summed E-state index contributed by atoms with van der Waals surface area (Å²) in [6.07, 6.45) is 5.18. The van der Waals surface area contributed by atoms with Crippen molar-refractivity contribution in [2.24, 2.45) is 11.8 Å². The molecule has 1 aromatic carbocycles. The van der Waals surface area contributed by atoms with Crippen LogP contribution in [0.15, 0.2) is 30.3 Å². The second-order valence-electron chi connectivity index (χ2n) is 13.2. The summed E-state index contributed by atoms with van der Waals surface area (Å²) in [4.78, 5) is 42.4. The van der Waals surface area contributed by atoms with Crippen LogP contribution in [0, 0.1) is 23.7 Å². The van der Waals surface area contributed by atoms with Gasteiger partial charge in [0.05, 0.1) is 25.4 Å². The molecule has 256 valence electrons. The molecule has 2 aliphatic rings. The first kappa shape index (κ1) is 37.5. The zero-order valence-electron chi connectivity index (χ0n) is 27.9. The number of nitrogens with zero attached hydrogens (tertiary/aromatic N) is 2. The fraction of sp³-hybridized carbons (Fsp3) is 0.694. The van der Waals surface area contributed by atoms with Crippen molar-refractivity contribution in [2.45, 2.75) is 103 Å². The van der Waals surface area contributed by atoms with Crippen LogP contribution in [0.2, 0.25) is 0 Å².